The third-order valence-corrected chi connectivity index (χ3v) is 13.1. The van der Waals surface area contributed by atoms with Crippen molar-refractivity contribution in [2.75, 3.05) is 59.1 Å². The van der Waals surface area contributed by atoms with E-state index >= 15 is 0 Å². The number of likely N-dealkylation sites (N-methyl/N-ethyl adjacent to an activating group) is 1. The second kappa shape index (κ2) is 48.3. The Kier molecular flexibility index (Phi) is 47.3. The Bertz CT molecular complexity index is 845. The average Bonchev–Trinajstić information content (AvgIpc) is 3.26. The lowest BCUT2D eigenvalue weighted by Crippen LogP contribution is -2.36. The number of aliphatic hydroxyl groups is 1. The van der Waals surface area contributed by atoms with E-state index in [1.165, 1.54) is 167 Å². The molecule has 0 amide bonds. The largest absolute Gasteiger partial charge is 0.465 e. The van der Waals surface area contributed by atoms with Crippen molar-refractivity contribution in [2.45, 2.75) is 266 Å². The minimum absolute atomic E-state index is 0.00485. The summed E-state index contributed by atoms with van der Waals surface area (Å²) in [6.45, 7) is 19.3. The summed E-state index contributed by atoms with van der Waals surface area (Å²) >= 11 is 0. The molecule has 0 rings (SSSR count). The van der Waals surface area contributed by atoms with Crippen LogP contribution in [0.3, 0.4) is 0 Å². The van der Waals surface area contributed by atoms with Crippen LogP contribution in [-0.4, -0.2) is 85.9 Å². The lowest BCUT2D eigenvalue weighted by atomic mass is 9.95. The first-order valence-corrected chi connectivity index (χ1v) is 27.3. The summed E-state index contributed by atoms with van der Waals surface area (Å²) in [4.78, 5) is 30.8. The first-order chi connectivity index (χ1) is 29.9. The number of ether oxygens (including phenoxy) is 2. The number of aliphatic hydroxyl groups excluding tert-OH is 1. The molecule has 0 heterocycles. The van der Waals surface area contributed by atoms with Gasteiger partial charge in [0.1, 0.15) is 0 Å². The lowest BCUT2D eigenvalue weighted by Gasteiger charge is -2.27. The molecule has 0 spiro atoms. The maximum absolute atomic E-state index is 12.8. The zero-order chi connectivity index (χ0) is 44.7. The highest BCUT2D eigenvalue weighted by Crippen LogP contribution is 2.22. The molecule has 0 fully saturated rings. The van der Waals surface area contributed by atoms with Crippen LogP contribution in [0.2, 0.25) is 0 Å². The van der Waals surface area contributed by atoms with Crippen molar-refractivity contribution >= 4 is 11.9 Å². The van der Waals surface area contributed by atoms with Crippen molar-refractivity contribution in [2.24, 2.45) is 11.8 Å². The Morgan fingerprint density at radius 2 is 0.689 bits per heavy atom. The highest BCUT2D eigenvalue weighted by atomic mass is 16.5. The topological polar surface area (TPSA) is 79.3 Å². The molecule has 2 unspecified atom stereocenters. The van der Waals surface area contributed by atoms with Crippen LogP contribution in [0.4, 0.5) is 0 Å². The Balaban J connectivity index is 4.82. The molecule has 61 heavy (non-hydrogen) atoms. The second-order valence-corrected chi connectivity index (χ2v) is 18.9. The fourth-order valence-corrected chi connectivity index (χ4v) is 8.74. The molecular weight excluding hydrogens is 757 g/mol. The average molecular weight is 865 g/mol. The SMILES string of the molecule is CCCCCCCCC(CCCCCC)COC(=O)CCCCCN(CCCCCC(=O)OCC(CCCCCC)CCCCCCCC)CCN(CC)CCCCCCO. The molecule has 0 saturated carbocycles. The molecule has 0 saturated heterocycles. The van der Waals surface area contributed by atoms with Gasteiger partial charge in [0, 0.05) is 32.5 Å². The number of hydrogen-bond donors (Lipinski definition) is 1. The van der Waals surface area contributed by atoms with Gasteiger partial charge in [-0.3, -0.25) is 9.59 Å². The first-order valence-electron chi connectivity index (χ1n) is 27.3. The molecule has 0 aromatic carbocycles. The summed E-state index contributed by atoms with van der Waals surface area (Å²) in [5.74, 6) is 1.03. The monoisotopic (exact) mass is 865 g/mol. The van der Waals surface area contributed by atoms with E-state index in [0.717, 1.165) is 90.6 Å². The molecular formula is C54H108N2O5. The van der Waals surface area contributed by atoms with Crippen LogP contribution in [0.5, 0.6) is 0 Å². The van der Waals surface area contributed by atoms with Crippen molar-refractivity contribution in [3.8, 4) is 0 Å². The predicted octanol–water partition coefficient (Wildman–Crippen LogP) is 15.0. The Morgan fingerprint density at radius 1 is 0.377 bits per heavy atom. The number of carbonyl (C=O) groups excluding carboxylic acids is 2. The van der Waals surface area contributed by atoms with E-state index < -0.39 is 0 Å². The highest BCUT2D eigenvalue weighted by Gasteiger charge is 2.15. The smallest absolute Gasteiger partial charge is 0.305 e. The summed E-state index contributed by atoms with van der Waals surface area (Å²) in [6.07, 6.45) is 42.4. The van der Waals surface area contributed by atoms with Crippen molar-refractivity contribution in [1.29, 1.82) is 0 Å². The first kappa shape index (κ1) is 59.8. The van der Waals surface area contributed by atoms with E-state index in [4.69, 9.17) is 14.6 Å². The number of nitrogens with zero attached hydrogens (tertiary/aromatic N) is 2. The fourth-order valence-electron chi connectivity index (χ4n) is 8.74. The standard InChI is InChI=1S/C54H108N2O5/c1-6-11-15-19-21-29-39-51(37-27-17-13-8-3)49-60-53(58)41-31-25-34-44-56(47-46-55(10-5)43-33-23-24-36-48-57)45-35-26-32-42-54(59)61-50-52(38-28-18-14-9-4)40-30-22-20-16-12-7-2/h51-52,57H,6-50H2,1-5H3. The van der Waals surface area contributed by atoms with E-state index in [0.29, 0.717) is 44.5 Å². The normalized spacial score (nSPS) is 12.7. The molecule has 0 aromatic heterocycles. The molecule has 0 bridgehead atoms. The molecule has 0 aliphatic heterocycles. The molecule has 0 aromatic rings. The molecule has 7 heteroatoms. The zero-order valence-corrected chi connectivity index (χ0v) is 41.9. The molecule has 2 atom stereocenters. The Hall–Kier alpha value is -1.18. The molecule has 0 aliphatic rings. The van der Waals surface area contributed by atoms with Crippen LogP contribution in [0, 0.1) is 11.8 Å². The minimum atomic E-state index is -0.00485. The summed E-state index contributed by atoms with van der Waals surface area (Å²) in [5.41, 5.74) is 0. The summed E-state index contributed by atoms with van der Waals surface area (Å²) < 4.78 is 11.8. The summed E-state index contributed by atoms with van der Waals surface area (Å²) in [6, 6.07) is 0. The third-order valence-electron chi connectivity index (χ3n) is 13.1. The zero-order valence-electron chi connectivity index (χ0n) is 41.9. The van der Waals surface area contributed by atoms with E-state index in [-0.39, 0.29) is 11.9 Å². The maximum Gasteiger partial charge on any atom is 0.305 e. The van der Waals surface area contributed by atoms with E-state index in [1.54, 1.807) is 0 Å². The van der Waals surface area contributed by atoms with E-state index in [9.17, 15) is 9.59 Å². The summed E-state index contributed by atoms with van der Waals surface area (Å²) in [7, 11) is 0. The maximum atomic E-state index is 12.8. The minimum Gasteiger partial charge on any atom is -0.465 e. The van der Waals surface area contributed by atoms with Crippen molar-refractivity contribution in [3.05, 3.63) is 0 Å². The van der Waals surface area contributed by atoms with Gasteiger partial charge in [-0.25, -0.2) is 0 Å². The molecule has 364 valence electrons. The number of hydrogen-bond acceptors (Lipinski definition) is 7. The van der Waals surface area contributed by atoms with E-state index in [2.05, 4.69) is 44.4 Å². The van der Waals surface area contributed by atoms with Crippen molar-refractivity contribution < 1.29 is 24.2 Å². The molecule has 0 radical (unpaired) electrons. The van der Waals surface area contributed by atoms with Crippen LogP contribution >= 0.6 is 0 Å². The van der Waals surface area contributed by atoms with Crippen molar-refractivity contribution in [3.63, 3.8) is 0 Å². The number of unbranched alkanes of at least 4 members (excludes halogenated alkanes) is 23. The molecule has 1 N–H and O–H groups in total. The number of esters is 2. The van der Waals surface area contributed by atoms with Gasteiger partial charge in [-0.2, -0.15) is 0 Å². The van der Waals surface area contributed by atoms with Crippen LogP contribution in [0.1, 0.15) is 266 Å². The fraction of sp³-hybridized carbons (Fsp3) is 0.963. The van der Waals surface area contributed by atoms with Gasteiger partial charge < -0.3 is 24.4 Å². The predicted molar refractivity (Wildman–Crippen MR) is 263 cm³/mol. The van der Waals surface area contributed by atoms with E-state index in [1.807, 2.05) is 0 Å². The van der Waals surface area contributed by atoms with Gasteiger partial charge in [0.05, 0.1) is 13.2 Å². The Labute approximate surface area is 381 Å². The van der Waals surface area contributed by atoms with Crippen LogP contribution < -0.4 is 0 Å². The Morgan fingerprint density at radius 3 is 1.08 bits per heavy atom. The van der Waals surface area contributed by atoms with Gasteiger partial charge in [-0.05, 0) is 102 Å². The molecule has 0 aliphatic carbocycles. The molecule has 7 nitrogen and oxygen atoms in total. The summed E-state index contributed by atoms with van der Waals surface area (Å²) in [5, 5.41) is 9.14. The van der Waals surface area contributed by atoms with Gasteiger partial charge in [-0.1, -0.05) is 189 Å². The van der Waals surface area contributed by atoms with Gasteiger partial charge in [0.2, 0.25) is 0 Å². The van der Waals surface area contributed by atoms with Crippen LogP contribution in [0.25, 0.3) is 0 Å². The third kappa shape index (κ3) is 42.5. The number of carbonyl (C=O) groups is 2. The van der Waals surface area contributed by atoms with Gasteiger partial charge in [-0.15, -0.1) is 0 Å². The second-order valence-electron chi connectivity index (χ2n) is 18.9. The number of rotatable bonds is 50. The van der Waals surface area contributed by atoms with Crippen molar-refractivity contribution in [1.82, 2.24) is 9.80 Å². The highest BCUT2D eigenvalue weighted by molar-refractivity contribution is 5.69. The van der Waals surface area contributed by atoms with Gasteiger partial charge in [0.15, 0.2) is 0 Å². The van der Waals surface area contributed by atoms with Crippen LogP contribution in [-0.2, 0) is 19.1 Å². The quantitative estimate of drug-likeness (QED) is 0.0482. The van der Waals surface area contributed by atoms with Gasteiger partial charge in [0.25, 0.3) is 0 Å². The van der Waals surface area contributed by atoms with Gasteiger partial charge >= 0.3 is 11.9 Å². The lowest BCUT2D eigenvalue weighted by molar-refractivity contribution is -0.146. The van der Waals surface area contributed by atoms with Crippen LogP contribution in [0.15, 0.2) is 0 Å².